The molecule has 5 atom stereocenters. The van der Waals surface area contributed by atoms with Crippen molar-refractivity contribution < 1.29 is 23.1 Å². The van der Waals surface area contributed by atoms with Crippen molar-refractivity contribution in [1.29, 1.82) is 0 Å². The van der Waals surface area contributed by atoms with Crippen LogP contribution in [0.25, 0.3) is 0 Å². The van der Waals surface area contributed by atoms with Gasteiger partial charge in [0.2, 0.25) is 10.0 Å². The van der Waals surface area contributed by atoms with E-state index >= 15 is 0 Å². The first-order chi connectivity index (χ1) is 20.2. The van der Waals surface area contributed by atoms with Gasteiger partial charge in [0, 0.05) is 29.1 Å². The van der Waals surface area contributed by atoms with Crippen molar-refractivity contribution in [2.75, 3.05) is 24.6 Å². The number of carbonyl (C=O) groups excluding carboxylic acids is 1. The molecule has 0 aromatic heterocycles. The summed E-state index contributed by atoms with van der Waals surface area (Å²) in [4.78, 5) is 15.8. The maximum atomic E-state index is 13.4. The molecule has 5 aliphatic rings. The second kappa shape index (κ2) is 10.9. The number of amides is 1. The first-order valence-corrected chi connectivity index (χ1v) is 17.4. The van der Waals surface area contributed by atoms with Gasteiger partial charge >= 0.3 is 0 Å². The fourth-order valence-corrected chi connectivity index (χ4v) is 9.77. The second-order valence-corrected chi connectivity index (χ2v) is 15.5. The lowest BCUT2D eigenvalue weighted by Crippen LogP contribution is -2.49. The molecule has 2 N–H and O–H groups in total. The van der Waals surface area contributed by atoms with E-state index in [0.29, 0.717) is 43.2 Å². The maximum Gasteiger partial charge on any atom is 0.264 e. The van der Waals surface area contributed by atoms with E-state index < -0.39 is 27.3 Å². The Morgan fingerprint density at radius 1 is 1.05 bits per heavy atom. The predicted molar refractivity (Wildman–Crippen MR) is 164 cm³/mol. The van der Waals surface area contributed by atoms with Crippen LogP contribution in [0.15, 0.2) is 48.6 Å². The Balaban J connectivity index is 1.29. The van der Waals surface area contributed by atoms with E-state index in [4.69, 9.17) is 16.3 Å². The summed E-state index contributed by atoms with van der Waals surface area (Å²) in [6, 6.07) is 11.5. The summed E-state index contributed by atoms with van der Waals surface area (Å²) in [5, 5.41) is 11.3. The number of hydrogen-bond donors (Lipinski definition) is 2. The molecule has 2 heterocycles. The third kappa shape index (κ3) is 5.24. The average Bonchev–Trinajstić information content (AvgIpc) is 3.78. The van der Waals surface area contributed by atoms with Crippen molar-refractivity contribution >= 4 is 33.2 Å². The minimum Gasteiger partial charge on any atom is -0.490 e. The molecule has 7 rings (SSSR count). The number of rotatable bonds is 1. The largest absolute Gasteiger partial charge is 0.490 e. The van der Waals surface area contributed by atoms with Gasteiger partial charge in [-0.15, -0.1) is 0 Å². The maximum absolute atomic E-state index is 13.4. The minimum absolute atomic E-state index is 0.0731. The molecule has 1 amide bonds. The number of anilines is 1. The zero-order chi connectivity index (χ0) is 29.1. The molecule has 2 bridgehead atoms. The molecule has 0 radical (unpaired) electrons. The number of nitrogens with zero attached hydrogens (tertiary/aromatic N) is 1. The van der Waals surface area contributed by atoms with Crippen LogP contribution in [0.1, 0.15) is 72.9 Å². The molecule has 2 saturated carbocycles. The molecule has 0 saturated heterocycles. The molecule has 2 aromatic rings. The smallest absolute Gasteiger partial charge is 0.264 e. The van der Waals surface area contributed by atoms with Crippen molar-refractivity contribution in [3.63, 3.8) is 0 Å². The van der Waals surface area contributed by atoms with Gasteiger partial charge in [0.1, 0.15) is 5.75 Å². The Hall–Kier alpha value is -2.55. The molecular formula is C33H39ClN2O5S. The molecule has 7 nitrogen and oxygen atoms in total. The summed E-state index contributed by atoms with van der Waals surface area (Å²) in [7, 11) is -3.86. The van der Waals surface area contributed by atoms with E-state index in [1.165, 1.54) is 11.1 Å². The number of aliphatic hydroxyl groups excluding tert-OH is 1. The Bertz CT molecular complexity index is 1520. The topological polar surface area (TPSA) is 95.9 Å². The normalized spacial score (nSPS) is 33.3. The van der Waals surface area contributed by atoms with Crippen LogP contribution in [0.5, 0.6) is 5.75 Å². The molecule has 2 fully saturated rings. The fourth-order valence-electron chi connectivity index (χ4n) is 7.82. The van der Waals surface area contributed by atoms with Gasteiger partial charge in [-0.05, 0) is 117 Å². The number of halogens is 1. The van der Waals surface area contributed by atoms with Gasteiger partial charge in [-0.2, -0.15) is 0 Å². The number of hydrogen-bond acceptors (Lipinski definition) is 6. The number of carbonyl (C=O) groups is 1. The summed E-state index contributed by atoms with van der Waals surface area (Å²) >= 11 is 6.39. The van der Waals surface area contributed by atoms with Crippen molar-refractivity contribution in [2.24, 2.45) is 17.8 Å². The van der Waals surface area contributed by atoms with Crippen LogP contribution in [0.2, 0.25) is 5.02 Å². The van der Waals surface area contributed by atoms with E-state index in [1.54, 1.807) is 12.1 Å². The molecule has 2 aromatic carbocycles. The van der Waals surface area contributed by atoms with Gasteiger partial charge in [0.15, 0.2) is 0 Å². The van der Waals surface area contributed by atoms with Crippen molar-refractivity contribution in [3.8, 4) is 5.75 Å². The number of aliphatic hydroxyl groups is 1. The number of benzene rings is 2. The Morgan fingerprint density at radius 2 is 1.88 bits per heavy atom. The minimum atomic E-state index is -3.86. The van der Waals surface area contributed by atoms with Crippen LogP contribution >= 0.6 is 11.6 Å². The molecule has 42 heavy (non-hydrogen) atoms. The van der Waals surface area contributed by atoms with Gasteiger partial charge in [0.25, 0.3) is 5.91 Å². The third-order valence-corrected chi connectivity index (χ3v) is 12.5. The van der Waals surface area contributed by atoms with Crippen molar-refractivity contribution in [3.05, 3.63) is 70.3 Å². The van der Waals surface area contributed by atoms with Crippen LogP contribution in [0, 0.1) is 17.8 Å². The summed E-state index contributed by atoms with van der Waals surface area (Å²) in [6.45, 7) is 1.94. The quantitative estimate of drug-likeness (QED) is 0.421. The monoisotopic (exact) mass is 610 g/mol. The van der Waals surface area contributed by atoms with E-state index in [2.05, 4.69) is 21.8 Å². The summed E-state index contributed by atoms with van der Waals surface area (Å²) in [5.74, 6) is 0.611. The van der Waals surface area contributed by atoms with Gasteiger partial charge in [-0.25, -0.2) is 13.1 Å². The Labute approximate surface area is 253 Å². The van der Waals surface area contributed by atoms with Crippen LogP contribution < -0.4 is 14.4 Å². The molecule has 0 unspecified atom stereocenters. The highest BCUT2D eigenvalue weighted by atomic mass is 35.5. The highest BCUT2D eigenvalue weighted by molar-refractivity contribution is 7.90. The molecule has 3 aliphatic carbocycles. The number of allylic oxidation sites excluding steroid dienone is 1. The standard InChI is InChI=1S/C33H39ClN2O5S/c34-25-11-13-27-22(16-25)4-3-15-33(27)19-36-18-24-9-12-26(24)29(37)5-1-2-6-31(21-7-8-21)42(39,40)35-32(38)23-10-14-30(41-20-33)28(36)17-23/h1,5,10-11,13-14,16-17,21,24,26,29,31,37H,2-4,6-9,12,15,18-20H2,(H,35,38)/b5-1+/t24-,26+,29-,31-,33-/m0/s1. The molecule has 224 valence electrons. The van der Waals surface area contributed by atoms with Gasteiger partial charge in [0.05, 0.1) is 23.6 Å². The van der Waals surface area contributed by atoms with Crippen LogP contribution in [0.4, 0.5) is 5.69 Å². The number of aryl methyl sites for hydroxylation is 1. The summed E-state index contributed by atoms with van der Waals surface area (Å²) in [6.07, 6.45) is 10.9. The second-order valence-electron chi connectivity index (χ2n) is 13.1. The van der Waals surface area contributed by atoms with Gasteiger partial charge in [-0.1, -0.05) is 29.8 Å². The van der Waals surface area contributed by atoms with Crippen LogP contribution in [-0.4, -0.2) is 50.5 Å². The number of ether oxygens (including phenoxy) is 1. The van der Waals surface area contributed by atoms with Crippen LogP contribution in [-0.2, 0) is 21.9 Å². The highest BCUT2D eigenvalue weighted by Crippen LogP contribution is 2.47. The third-order valence-electron chi connectivity index (χ3n) is 10.4. The van der Waals surface area contributed by atoms with E-state index in [-0.39, 0.29) is 17.3 Å². The Morgan fingerprint density at radius 3 is 2.67 bits per heavy atom. The first kappa shape index (κ1) is 28.2. The number of sulfonamides is 1. The predicted octanol–water partition coefficient (Wildman–Crippen LogP) is 5.39. The first-order valence-electron chi connectivity index (χ1n) is 15.4. The summed E-state index contributed by atoms with van der Waals surface area (Å²) < 4.78 is 35.7. The summed E-state index contributed by atoms with van der Waals surface area (Å²) in [5.41, 5.74) is 3.39. The van der Waals surface area contributed by atoms with Gasteiger partial charge in [-0.3, -0.25) is 4.79 Å². The Kier molecular flexibility index (Phi) is 7.30. The lowest BCUT2D eigenvalue weighted by Gasteiger charge is -2.45. The van der Waals surface area contributed by atoms with Crippen molar-refractivity contribution in [1.82, 2.24) is 4.72 Å². The van der Waals surface area contributed by atoms with E-state index in [1.807, 2.05) is 24.3 Å². The molecule has 1 spiro atoms. The zero-order valence-electron chi connectivity index (χ0n) is 23.8. The van der Waals surface area contributed by atoms with E-state index in [0.717, 1.165) is 62.2 Å². The van der Waals surface area contributed by atoms with Gasteiger partial charge < -0.3 is 14.7 Å². The number of fused-ring (bicyclic) bond motifs is 4. The van der Waals surface area contributed by atoms with E-state index in [9.17, 15) is 18.3 Å². The van der Waals surface area contributed by atoms with Crippen LogP contribution in [0.3, 0.4) is 0 Å². The zero-order valence-corrected chi connectivity index (χ0v) is 25.4. The highest BCUT2D eigenvalue weighted by Gasteiger charge is 2.45. The fraction of sp³-hybridized carbons (Fsp3) is 0.545. The molecule has 9 heteroatoms. The lowest BCUT2D eigenvalue weighted by atomic mass is 9.68. The number of nitrogens with one attached hydrogen (secondary N) is 1. The average molecular weight is 611 g/mol. The molecule has 2 aliphatic heterocycles. The molecular weight excluding hydrogens is 572 g/mol. The van der Waals surface area contributed by atoms with Crippen molar-refractivity contribution in [2.45, 2.75) is 74.6 Å². The SMILES string of the molecule is O=C1NS(=O)(=O)[C@H](C2CC2)CC/C=C/[C@H](O)[C@@H]2CC[C@H]2CN2C[C@@]3(CCCc4cc(Cl)ccc43)COc3ccc1cc32. The lowest BCUT2D eigenvalue weighted by molar-refractivity contribution is 0.0456.